The highest BCUT2D eigenvalue weighted by Crippen LogP contribution is 2.25. The first-order valence-corrected chi connectivity index (χ1v) is 9.41. The number of aryl methyl sites for hydroxylation is 1. The van der Waals surface area contributed by atoms with Crippen LogP contribution < -0.4 is 4.72 Å². The first-order valence-electron chi connectivity index (χ1n) is 6.19. The number of aromatic nitrogens is 1. The summed E-state index contributed by atoms with van der Waals surface area (Å²) in [5.74, 6) is -0.234. The zero-order chi connectivity index (χ0) is 15.5. The van der Waals surface area contributed by atoms with E-state index in [0.29, 0.717) is 28.6 Å². The van der Waals surface area contributed by atoms with Gasteiger partial charge in [0.05, 0.1) is 10.8 Å². The summed E-state index contributed by atoms with van der Waals surface area (Å²) in [6.07, 6.45) is 2.34. The smallest absolute Gasteiger partial charge is 0.215 e. The van der Waals surface area contributed by atoms with Crippen LogP contribution in [0.3, 0.4) is 0 Å². The molecule has 1 N–H and O–H groups in total. The third-order valence-electron chi connectivity index (χ3n) is 2.73. The van der Waals surface area contributed by atoms with E-state index < -0.39 is 10.0 Å². The van der Waals surface area contributed by atoms with E-state index in [0.717, 1.165) is 9.88 Å². The Morgan fingerprint density at radius 1 is 1.29 bits per heavy atom. The predicted octanol–water partition coefficient (Wildman–Crippen LogP) is 3.42. The molecule has 8 heteroatoms. The van der Waals surface area contributed by atoms with Gasteiger partial charge in [-0.15, -0.1) is 11.3 Å². The van der Waals surface area contributed by atoms with Crippen LogP contribution in [0.25, 0.3) is 0 Å². The van der Waals surface area contributed by atoms with Crippen molar-refractivity contribution in [3.63, 3.8) is 0 Å². The van der Waals surface area contributed by atoms with Crippen LogP contribution >= 0.6 is 34.5 Å². The minimum absolute atomic E-state index is 0.234. The molecule has 0 saturated heterocycles. The van der Waals surface area contributed by atoms with Crippen molar-refractivity contribution in [1.82, 2.24) is 9.71 Å². The second-order valence-corrected chi connectivity index (χ2v) is 8.41. The number of hydrogen-bond acceptors (Lipinski definition) is 4. The number of hydrogen-bond donors (Lipinski definition) is 1. The van der Waals surface area contributed by atoms with Gasteiger partial charge in [0, 0.05) is 39.6 Å². The van der Waals surface area contributed by atoms with E-state index in [1.165, 1.54) is 0 Å². The molecule has 0 radical (unpaired) electrons. The molecule has 1 heterocycles. The molecule has 114 valence electrons. The minimum atomic E-state index is -3.49. The van der Waals surface area contributed by atoms with Crippen molar-refractivity contribution in [3.05, 3.63) is 49.9 Å². The van der Waals surface area contributed by atoms with E-state index in [1.54, 1.807) is 35.7 Å². The van der Waals surface area contributed by atoms with E-state index in [9.17, 15) is 8.42 Å². The molecule has 0 aliphatic rings. The van der Waals surface area contributed by atoms with Crippen molar-refractivity contribution in [2.45, 2.75) is 19.1 Å². The van der Waals surface area contributed by atoms with Crippen LogP contribution in [0.4, 0.5) is 0 Å². The van der Waals surface area contributed by atoms with Crippen molar-refractivity contribution in [2.75, 3.05) is 6.54 Å². The number of benzene rings is 1. The van der Waals surface area contributed by atoms with Gasteiger partial charge in [-0.2, -0.15) is 0 Å². The first kappa shape index (κ1) is 16.7. The molecule has 0 aliphatic heterocycles. The van der Waals surface area contributed by atoms with Gasteiger partial charge in [-0.3, -0.25) is 0 Å². The molecule has 2 aromatic rings. The average molecular weight is 365 g/mol. The van der Waals surface area contributed by atoms with Gasteiger partial charge in [0.15, 0.2) is 0 Å². The lowest BCUT2D eigenvalue weighted by molar-refractivity contribution is 0.580. The fourth-order valence-electron chi connectivity index (χ4n) is 1.74. The molecule has 0 atom stereocenters. The van der Waals surface area contributed by atoms with Crippen LogP contribution in [0.5, 0.6) is 0 Å². The predicted molar refractivity (Wildman–Crippen MR) is 87.6 cm³/mol. The maximum absolute atomic E-state index is 12.1. The van der Waals surface area contributed by atoms with Gasteiger partial charge in [0.1, 0.15) is 0 Å². The van der Waals surface area contributed by atoms with Crippen LogP contribution in [0.15, 0.2) is 24.4 Å². The van der Waals surface area contributed by atoms with Crippen molar-refractivity contribution >= 4 is 44.6 Å². The van der Waals surface area contributed by atoms with E-state index >= 15 is 0 Å². The number of sulfonamides is 1. The molecule has 0 aliphatic carbocycles. The maximum Gasteiger partial charge on any atom is 0.215 e. The van der Waals surface area contributed by atoms with Gasteiger partial charge >= 0.3 is 0 Å². The monoisotopic (exact) mass is 364 g/mol. The third-order valence-corrected chi connectivity index (χ3v) is 5.72. The fourth-order valence-corrected chi connectivity index (χ4v) is 4.42. The largest absolute Gasteiger partial charge is 0.249 e. The second kappa shape index (κ2) is 7.07. The number of nitrogens with one attached hydrogen (secondary N) is 1. The Hall–Kier alpha value is -0.660. The van der Waals surface area contributed by atoms with E-state index in [1.807, 2.05) is 6.92 Å². The van der Waals surface area contributed by atoms with Crippen LogP contribution in [-0.2, 0) is 22.2 Å². The minimum Gasteiger partial charge on any atom is -0.249 e. The summed E-state index contributed by atoms with van der Waals surface area (Å²) < 4.78 is 26.7. The third kappa shape index (κ3) is 4.93. The van der Waals surface area contributed by atoms with Crippen molar-refractivity contribution < 1.29 is 8.42 Å². The van der Waals surface area contributed by atoms with Crippen LogP contribution in [0.1, 0.15) is 15.4 Å². The summed E-state index contributed by atoms with van der Waals surface area (Å²) in [5.41, 5.74) is 0.415. The molecule has 2 rings (SSSR count). The summed E-state index contributed by atoms with van der Waals surface area (Å²) in [7, 11) is -3.49. The number of rotatable bonds is 6. The first-order chi connectivity index (χ1) is 9.87. The van der Waals surface area contributed by atoms with Crippen molar-refractivity contribution in [2.24, 2.45) is 0 Å². The van der Waals surface area contributed by atoms with Gasteiger partial charge in [0.25, 0.3) is 0 Å². The molecule has 21 heavy (non-hydrogen) atoms. The summed E-state index contributed by atoms with van der Waals surface area (Å²) in [4.78, 5) is 5.30. The SMILES string of the molecule is Cc1cnc(CCNS(=O)(=O)Cc2c(Cl)cccc2Cl)s1. The van der Waals surface area contributed by atoms with Gasteiger partial charge in [-0.05, 0) is 19.1 Å². The normalized spacial score (nSPS) is 11.8. The molecule has 0 bridgehead atoms. The van der Waals surface area contributed by atoms with E-state index in [2.05, 4.69) is 9.71 Å². The molecule has 0 fully saturated rings. The number of nitrogens with zero attached hydrogens (tertiary/aromatic N) is 1. The lowest BCUT2D eigenvalue weighted by atomic mass is 10.2. The van der Waals surface area contributed by atoms with Crippen LogP contribution in [-0.4, -0.2) is 19.9 Å². The highest BCUT2D eigenvalue weighted by molar-refractivity contribution is 7.88. The molecule has 0 amide bonds. The Morgan fingerprint density at radius 2 is 1.95 bits per heavy atom. The van der Waals surface area contributed by atoms with Gasteiger partial charge in [0.2, 0.25) is 10.0 Å². The second-order valence-electron chi connectivity index (χ2n) is 4.47. The number of thiazole rings is 1. The average Bonchev–Trinajstić information content (AvgIpc) is 2.80. The van der Waals surface area contributed by atoms with Crippen molar-refractivity contribution in [1.29, 1.82) is 0 Å². The van der Waals surface area contributed by atoms with Crippen LogP contribution in [0, 0.1) is 6.92 Å². The van der Waals surface area contributed by atoms with Gasteiger partial charge in [-0.1, -0.05) is 29.3 Å². The fraction of sp³-hybridized carbons (Fsp3) is 0.308. The quantitative estimate of drug-likeness (QED) is 0.853. The molecule has 0 saturated carbocycles. The van der Waals surface area contributed by atoms with Gasteiger partial charge in [-0.25, -0.2) is 18.1 Å². The Labute approximate surface area is 138 Å². The Balaban J connectivity index is 1.96. The standard InChI is InChI=1S/C13H14Cl2N2O2S2/c1-9-7-16-13(20-9)5-6-17-21(18,19)8-10-11(14)3-2-4-12(10)15/h2-4,7,17H,5-6,8H2,1H3. The highest BCUT2D eigenvalue weighted by Gasteiger charge is 2.16. The summed E-state index contributed by atoms with van der Waals surface area (Å²) in [6.45, 7) is 2.27. The molecule has 4 nitrogen and oxygen atoms in total. The van der Waals surface area contributed by atoms with E-state index in [4.69, 9.17) is 23.2 Å². The Kier molecular flexibility index (Phi) is 5.62. The highest BCUT2D eigenvalue weighted by atomic mass is 35.5. The van der Waals surface area contributed by atoms with Crippen molar-refractivity contribution in [3.8, 4) is 0 Å². The molecule has 1 aromatic heterocycles. The Morgan fingerprint density at radius 3 is 2.52 bits per heavy atom. The summed E-state index contributed by atoms with van der Waals surface area (Å²) in [6, 6.07) is 4.92. The molecule has 1 aromatic carbocycles. The Bertz CT molecular complexity index is 709. The lowest BCUT2D eigenvalue weighted by Crippen LogP contribution is -2.27. The number of halogens is 2. The molecule has 0 unspecified atom stereocenters. The van der Waals surface area contributed by atoms with Gasteiger partial charge < -0.3 is 0 Å². The summed E-state index contributed by atoms with van der Waals surface area (Å²) in [5, 5.41) is 1.61. The topological polar surface area (TPSA) is 59.1 Å². The lowest BCUT2D eigenvalue weighted by Gasteiger charge is -2.09. The zero-order valence-electron chi connectivity index (χ0n) is 11.3. The molecule has 0 spiro atoms. The zero-order valence-corrected chi connectivity index (χ0v) is 14.4. The maximum atomic E-state index is 12.1. The molecular weight excluding hydrogens is 351 g/mol. The van der Waals surface area contributed by atoms with Crippen LogP contribution in [0.2, 0.25) is 10.0 Å². The van der Waals surface area contributed by atoms with E-state index in [-0.39, 0.29) is 5.75 Å². The molecular formula is C13H14Cl2N2O2S2. The summed E-state index contributed by atoms with van der Waals surface area (Å²) >= 11 is 13.5.